The van der Waals surface area contributed by atoms with E-state index in [9.17, 15) is 0 Å². The van der Waals surface area contributed by atoms with Crippen molar-refractivity contribution in [3.63, 3.8) is 0 Å². The van der Waals surface area contributed by atoms with Crippen LogP contribution in [-0.2, 0) is 0 Å². The van der Waals surface area contributed by atoms with Crippen LogP contribution in [0.25, 0.3) is 0 Å². The molecule has 0 amide bonds. The molecule has 0 saturated heterocycles. The Morgan fingerprint density at radius 2 is 1.83 bits per heavy atom. The molecule has 0 saturated carbocycles. The van der Waals surface area contributed by atoms with Crippen molar-refractivity contribution in [2.24, 2.45) is 0 Å². The Kier molecular flexibility index (Phi) is 24.5. The Labute approximate surface area is 73.3 Å². The van der Waals surface area contributed by atoms with Crippen LogP contribution in [0.4, 0.5) is 0 Å². The molecule has 0 atom stereocenters. The number of hydrogen-bond donors (Lipinski definition) is 1. The molecule has 0 heterocycles. The Morgan fingerprint density at radius 3 is 1.83 bits per heavy atom. The fraction of sp³-hybridized carbons (Fsp3) is 0. The predicted molar refractivity (Wildman–Crippen MR) is 25.3 cm³/mol. The molecular weight excluding hydrogens is 294 g/mol. The van der Waals surface area contributed by atoms with E-state index in [-0.39, 0.29) is 53.2 Å². The monoisotopic (exact) mass is 299 g/mol. The van der Waals surface area contributed by atoms with E-state index in [1.807, 2.05) is 0 Å². The van der Waals surface area contributed by atoms with Gasteiger partial charge < -0.3 is 8.06 Å². The normalized spacial score (nSPS) is 4.00. The van der Waals surface area contributed by atoms with Gasteiger partial charge in [0.25, 0.3) is 5.09 Å². The van der Waals surface area contributed by atoms with Crippen LogP contribution in [0.1, 0.15) is 2.85 Å². The topological polar surface area (TPSA) is 63.4 Å². The fourth-order valence-electron chi connectivity index (χ4n) is 0. The number of hydrogen-bond acceptors (Lipinski definition) is 2. The molecule has 6 heteroatoms. The van der Waals surface area contributed by atoms with Crippen molar-refractivity contribution in [1.82, 2.24) is 0 Å². The van der Waals surface area contributed by atoms with Gasteiger partial charge in [-0.05, 0) is 0 Å². The molecule has 0 rings (SSSR count). The third-order valence-electron chi connectivity index (χ3n) is 0. The molecule has 0 aliphatic heterocycles. The zero-order valence-corrected chi connectivity index (χ0v) is 10.0. The Morgan fingerprint density at radius 1 is 1.83 bits per heavy atom. The summed E-state index contributed by atoms with van der Waals surface area (Å²) in [5.74, 6) is 0. The minimum atomic E-state index is -1.50. The standard InChI is InChI=1S/Mg.HNO3.Pb.4H/c;2-1(3)4;;;;;/h;(H,2,3,4);;;;;/q+2;;;;;2*-1. The van der Waals surface area contributed by atoms with Crippen LogP contribution in [0.5, 0.6) is 0 Å². The summed E-state index contributed by atoms with van der Waals surface area (Å²) < 4.78 is 0. The maximum absolute atomic E-state index is 8.36. The second kappa shape index (κ2) is 9.31. The van der Waals surface area contributed by atoms with Crippen LogP contribution in [0.2, 0.25) is 0 Å². The molecule has 34 valence electrons. The van der Waals surface area contributed by atoms with E-state index < -0.39 is 5.09 Å². The van der Waals surface area contributed by atoms with E-state index in [1.165, 1.54) is 0 Å². The second-order valence-electron chi connectivity index (χ2n) is 0.238. The van der Waals surface area contributed by atoms with Crippen molar-refractivity contribution in [2.75, 3.05) is 0 Å². The average Bonchev–Trinajstić information content (AvgIpc) is 0.811. The molecule has 4 nitrogen and oxygen atoms in total. The van der Waals surface area contributed by atoms with Gasteiger partial charge >= 0.3 is 50.4 Å². The van der Waals surface area contributed by atoms with E-state index >= 15 is 0 Å². The molecular formula is H5MgNO3Pb. The quantitative estimate of drug-likeness (QED) is 0.339. The molecule has 0 aromatic rings. The van der Waals surface area contributed by atoms with Gasteiger partial charge in [-0.3, -0.25) is 0 Å². The molecule has 6 heavy (non-hydrogen) atoms. The molecule has 0 aliphatic rings. The molecule has 0 unspecified atom stereocenters. The molecule has 1 N–H and O–H groups in total. The predicted octanol–water partition coefficient (Wildman–Crippen LogP) is -1.42. The van der Waals surface area contributed by atoms with Gasteiger partial charge in [-0.25, -0.2) is 0 Å². The van der Waals surface area contributed by atoms with Crippen LogP contribution in [0.3, 0.4) is 0 Å². The molecule has 0 bridgehead atoms. The van der Waals surface area contributed by atoms with Crippen molar-refractivity contribution in [2.45, 2.75) is 0 Å². The summed E-state index contributed by atoms with van der Waals surface area (Å²) in [6.07, 6.45) is 0. The van der Waals surface area contributed by atoms with Crippen LogP contribution in [-0.4, -0.2) is 60.6 Å². The first kappa shape index (κ1) is 15.8. The first-order valence-electron chi connectivity index (χ1n) is 0.565. The van der Waals surface area contributed by atoms with Gasteiger partial charge in [0.1, 0.15) is 0 Å². The average molecular weight is 299 g/mol. The zero-order valence-electron chi connectivity index (χ0n) is 5.13. The zero-order chi connectivity index (χ0) is 3.58. The van der Waals surface area contributed by atoms with E-state index in [4.69, 9.17) is 15.3 Å². The molecule has 0 spiro atoms. The van der Waals surface area contributed by atoms with Crippen molar-refractivity contribution < 1.29 is 13.1 Å². The summed E-state index contributed by atoms with van der Waals surface area (Å²) in [6.45, 7) is 0. The van der Waals surface area contributed by atoms with Gasteiger partial charge in [0.2, 0.25) is 0 Å². The molecule has 2 radical (unpaired) electrons. The first-order valence-corrected chi connectivity index (χ1v) is 0.565. The SMILES string of the molecule is O=[N+]([O-])O.[H-].[H-].[Mg+2].[PbH2]. The Balaban J connectivity index is -0.00000000750. The van der Waals surface area contributed by atoms with E-state index in [0.29, 0.717) is 0 Å². The summed E-state index contributed by atoms with van der Waals surface area (Å²) in [6, 6.07) is 0. The third-order valence-corrected chi connectivity index (χ3v) is 0. The van der Waals surface area contributed by atoms with Gasteiger partial charge in [-0.2, -0.15) is 0 Å². The Hall–Kier alpha value is 0.888. The Bertz CT molecular complexity index is 40.3. The van der Waals surface area contributed by atoms with Gasteiger partial charge in [0.15, 0.2) is 0 Å². The van der Waals surface area contributed by atoms with E-state index in [2.05, 4.69) is 0 Å². The first-order chi connectivity index (χ1) is 1.73. The van der Waals surface area contributed by atoms with Crippen LogP contribution >= 0.6 is 0 Å². The van der Waals surface area contributed by atoms with Crippen molar-refractivity contribution in [1.29, 1.82) is 0 Å². The van der Waals surface area contributed by atoms with Crippen LogP contribution in [0.15, 0.2) is 0 Å². The molecule has 0 aromatic heterocycles. The van der Waals surface area contributed by atoms with Gasteiger partial charge in [-0.15, -0.1) is 10.1 Å². The van der Waals surface area contributed by atoms with E-state index in [0.717, 1.165) is 0 Å². The van der Waals surface area contributed by atoms with Crippen molar-refractivity contribution >= 4 is 50.4 Å². The molecule has 0 fully saturated rings. The fourth-order valence-corrected chi connectivity index (χ4v) is 0. The number of rotatable bonds is 0. The summed E-state index contributed by atoms with van der Waals surface area (Å²) in [7, 11) is 0. The van der Waals surface area contributed by atoms with E-state index in [1.54, 1.807) is 0 Å². The van der Waals surface area contributed by atoms with Crippen LogP contribution < -0.4 is 0 Å². The third kappa shape index (κ3) is 93.7. The summed E-state index contributed by atoms with van der Waals surface area (Å²) in [5.41, 5.74) is 0. The van der Waals surface area contributed by atoms with Gasteiger partial charge in [0, 0.05) is 0 Å². The van der Waals surface area contributed by atoms with Gasteiger partial charge in [-0.1, -0.05) is 0 Å². The summed E-state index contributed by atoms with van der Waals surface area (Å²) in [5, 5.41) is 13.6. The second-order valence-corrected chi connectivity index (χ2v) is 0.238. The van der Waals surface area contributed by atoms with Crippen LogP contribution in [0, 0.1) is 10.1 Å². The maximum atomic E-state index is 8.36. The van der Waals surface area contributed by atoms with Crippen molar-refractivity contribution in [3.05, 3.63) is 10.1 Å². The molecule has 0 aromatic carbocycles. The minimum absolute atomic E-state index is 0. The summed E-state index contributed by atoms with van der Waals surface area (Å²) in [4.78, 5) is 8.36. The van der Waals surface area contributed by atoms with Crippen molar-refractivity contribution in [3.8, 4) is 0 Å². The van der Waals surface area contributed by atoms with Gasteiger partial charge in [0.05, 0.1) is 0 Å². The molecule has 0 aliphatic carbocycles. The number of nitrogens with zero attached hydrogens (tertiary/aromatic N) is 1. The summed E-state index contributed by atoms with van der Waals surface area (Å²) >= 11 is 0.